The minimum atomic E-state index is -3.53. The first-order chi connectivity index (χ1) is 12.8. The number of nitrogens with zero attached hydrogens (tertiary/aromatic N) is 1. The van der Waals surface area contributed by atoms with Gasteiger partial charge >= 0.3 is 6.09 Å². The van der Waals surface area contributed by atoms with Crippen LogP contribution in [0.4, 0.5) is 4.79 Å². The number of sulfonamides is 1. The SMILES string of the molecule is COC(=O)NC(=O)[C@H](C)[NH+]1CCN(S(=O)(=O)c2ccc3c(c2)CCC3)CC1. The molecular weight excluding hydrogens is 370 g/mol. The van der Waals surface area contributed by atoms with E-state index in [9.17, 15) is 18.0 Å². The standard InChI is InChI=1S/C18H25N3O5S/c1-13(17(22)19-18(23)26-2)20-8-10-21(11-9-20)27(24,25)16-7-6-14-4-3-5-15(14)12-16/h6-7,12-13H,3-5,8-11H2,1-2H3,(H,19,22,23)/p+1/t13-/m0/s1. The molecule has 1 aromatic carbocycles. The number of alkyl carbamates (subject to hydrolysis) is 1. The molecule has 0 spiro atoms. The number of benzene rings is 1. The number of imide groups is 1. The summed E-state index contributed by atoms with van der Waals surface area (Å²) in [5.74, 6) is -0.424. The number of methoxy groups -OCH3 is 1. The van der Waals surface area contributed by atoms with E-state index in [1.165, 1.54) is 17.0 Å². The lowest BCUT2D eigenvalue weighted by Gasteiger charge is -2.34. The molecular formula is C18H26N3O5S+. The highest BCUT2D eigenvalue weighted by atomic mass is 32.2. The first-order valence-electron chi connectivity index (χ1n) is 9.18. The van der Waals surface area contributed by atoms with Gasteiger partial charge in [0.15, 0.2) is 6.04 Å². The predicted molar refractivity (Wildman–Crippen MR) is 97.9 cm³/mol. The number of quaternary nitrogens is 1. The van der Waals surface area contributed by atoms with Crippen LogP contribution in [-0.2, 0) is 32.4 Å². The molecule has 27 heavy (non-hydrogen) atoms. The molecule has 1 aromatic rings. The number of carbonyl (C=O) groups excluding carboxylic acids is 2. The number of hydrogen-bond donors (Lipinski definition) is 2. The quantitative estimate of drug-likeness (QED) is 0.704. The highest BCUT2D eigenvalue weighted by molar-refractivity contribution is 7.89. The van der Waals surface area contributed by atoms with E-state index in [-0.39, 0.29) is 0 Å². The number of ether oxygens (including phenoxy) is 1. The zero-order valence-corrected chi connectivity index (χ0v) is 16.5. The molecule has 9 heteroatoms. The molecule has 3 rings (SSSR count). The van der Waals surface area contributed by atoms with Crippen molar-refractivity contribution < 1.29 is 27.6 Å². The van der Waals surface area contributed by atoms with Crippen molar-refractivity contribution in [3.63, 3.8) is 0 Å². The largest absolute Gasteiger partial charge is 0.453 e. The number of carbonyl (C=O) groups is 2. The lowest BCUT2D eigenvalue weighted by Crippen LogP contribution is -3.19. The zero-order valence-electron chi connectivity index (χ0n) is 15.7. The average Bonchev–Trinajstić information content (AvgIpc) is 3.15. The number of nitrogens with one attached hydrogen (secondary N) is 2. The molecule has 1 heterocycles. The van der Waals surface area contributed by atoms with Gasteiger partial charge < -0.3 is 9.64 Å². The third-order valence-corrected chi connectivity index (χ3v) is 7.38. The summed E-state index contributed by atoms with van der Waals surface area (Å²) in [5, 5.41) is 2.17. The Morgan fingerprint density at radius 1 is 1.19 bits per heavy atom. The van der Waals surface area contributed by atoms with Gasteiger partial charge in [0.05, 0.1) is 38.2 Å². The molecule has 0 radical (unpaired) electrons. The number of fused-ring (bicyclic) bond motifs is 1. The molecule has 8 nitrogen and oxygen atoms in total. The molecule has 1 saturated heterocycles. The van der Waals surface area contributed by atoms with Gasteiger partial charge in [-0.3, -0.25) is 10.1 Å². The van der Waals surface area contributed by atoms with Crippen LogP contribution < -0.4 is 10.2 Å². The summed E-state index contributed by atoms with van der Waals surface area (Å²) in [6.45, 7) is 3.40. The van der Waals surface area contributed by atoms with Crippen LogP contribution in [0.1, 0.15) is 24.5 Å². The van der Waals surface area contributed by atoms with Gasteiger partial charge in [-0.15, -0.1) is 0 Å². The Bertz CT molecular complexity index is 831. The monoisotopic (exact) mass is 396 g/mol. The van der Waals surface area contributed by atoms with Crippen LogP contribution in [0.25, 0.3) is 0 Å². The molecule has 0 aromatic heterocycles. The van der Waals surface area contributed by atoms with Crippen molar-refractivity contribution in [3.8, 4) is 0 Å². The van der Waals surface area contributed by atoms with Gasteiger partial charge in [-0.25, -0.2) is 13.2 Å². The van der Waals surface area contributed by atoms with Gasteiger partial charge in [0, 0.05) is 0 Å². The lowest BCUT2D eigenvalue weighted by molar-refractivity contribution is -0.917. The van der Waals surface area contributed by atoms with E-state index in [1.54, 1.807) is 13.0 Å². The molecule has 1 atom stereocenters. The summed E-state index contributed by atoms with van der Waals surface area (Å²) in [5.41, 5.74) is 2.38. The Morgan fingerprint density at radius 2 is 1.85 bits per heavy atom. The van der Waals surface area contributed by atoms with E-state index in [0.717, 1.165) is 29.7 Å². The van der Waals surface area contributed by atoms with Gasteiger partial charge in [-0.1, -0.05) is 6.07 Å². The molecule has 148 valence electrons. The van der Waals surface area contributed by atoms with Gasteiger partial charge in [-0.05, 0) is 49.4 Å². The maximum atomic E-state index is 13.0. The summed E-state index contributed by atoms with van der Waals surface area (Å²) in [4.78, 5) is 24.5. The van der Waals surface area contributed by atoms with E-state index in [0.29, 0.717) is 31.1 Å². The number of piperazine rings is 1. The van der Waals surface area contributed by atoms with Crippen molar-refractivity contribution in [2.24, 2.45) is 0 Å². The minimum absolute atomic E-state index is 0.338. The van der Waals surface area contributed by atoms with Crippen LogP contribution in [0.15, 0.2) is 23.1 Å². The van der Waals surface area contributed by atoms with Gasteiger partial charge in [0.1, 0.15) is 0 Å². The molecule has 2 amide bonds. The van der Waals surface area contributed by atoms with Crippen molar-refractivity contribution in [1.82, 2.24) is 9.62 Å². The fraction of sp³-hybridized carbons (Fsp3) is 0.556. The molecule has 1 aliphatic carbocycles. The Kier molecular flexibility index (Phi) is 5.83. The Labute approximate surface area is 159 Å². The summed E-state index contributed by atoms with van der Waals surface area (Å²) in [6.07, 6.45) is 2.24. The Balaban J connectivity index is 1.63. The smallest absolute Gasteiger partial charge is 0.413 e. The predicted octanol–water partition coefficient (Wildman–Crippen LogP) is -0.664. The lowest BCUT2D eigenvalue weighted by atomic mass is 10.1. The third kappa shape index (κ3) is 4.15. The van der Waals surface area contributed by atoms with E-state index >= 15 is 0 Å². The molecule has 1 aliphatic heterocycles. The van der Waals surface area contributed by atoms with Gasteiger partial charge in [0.25, 0.3) is 5.91 Å². The van der Waals surface area contributed by atoms with E-state index in [4.69, 9.17) is 0 Å². The highest BCUT2D eigenvalue weighted by Gasteiger charge is 2.35. The number of hydrogen-bond acceptors (Lipinski definition) is 5. The fourth-order valence-electron chi connectivity index (χ4n) is 3.75. The Hall–Kier alpha value is -1.97. The number of rotatable bonds is 4. The maximum Gasteiger partial charge on any atom is 0.413 e. The second kappa shape index (κ2) is 7.95. The molecule has 0 unspecified atom stereocenters. The van der Waals surface area contributed by atoms with Crippen LogP contribution in [0.5, 0.6) is 0 Å². The third-order valence-electron chi connectivity index (χ3n) is 5.49. The van der Waals surface area contributed by atoms with E-state index < -0.39 is 28.1 Å². The first kappa shape index (κ1) is 19.8. The number of amides is 2. The maximum absolute atomic E-state index is 13.0. The highest BCUT2D eigenvalue weighted by Crippen LogP contribution is 2.26. The van der Waals surface area contributed by atoms with E-state index in [2.05, 4.69) is 10.1 Å². The number of aryl methyl sites for hydroxylation is 2. The average molecular weight is 396 g/mol. The van der Waals surface area contributed by atoms with Crippen molar-refractivity contribution in [2.45, 2.75) is 37.1 Å². The van der Waals surface area contributed by atoms with Gasteiger partial charge in [-0.2, -0.15) is 4.31 Å². The fourth-order valence-corrected chi connectivity index (χ4v) is 5.24. The van der Waals surface area contributed by atoms with E-state index in [1.807, 2.05) is 12.1 Å². The Morgan fingerprint density at radius 3 is 2.52 bits per heavy atom. The second-order valence-corrected chi connectivity index (χ2v) is 8.99. The molecule has 2 aliphatic rings. The molecule has 2 N–H and O–H groups in total. The summed E-state index contributed by atoms with van der Waals surface area (Å²) < 4.78 is 31.8. The second-order valence-electron chi connectivity index (χ2n) is 7.05. The normalized spacial score (nSPS) is 19.3. The van der Waals surface area contributed by atoms with Crippen molar-refractivity contribution in [2.75, 3.05) is 33.3 Å². The van der Waals surface area contributed by atoms with Crippen LogP contribution in [0, 0.1) is 0 Å². The summed E-state index contributed by atoms with van der Waals surface area (Å²) in [6, 6.07) is 4.97. The molecule has 1 fully saturated rings. The topological polar surface area (TPSA) is 97.2 Å². The van der Waals surface area contributed by atoms with Crippen molar-refractivity contribution >= 4 is 22.0 Å². The van der Waals surface area contributed by atoms with Crippen molar-refractivity contribution in [3.05, 3.63) is 29.3 Å². The van der Waals surface area contributed by atoms with Crippen LogP contribution >= 0.6 is 0 Å². The summed E-state index contributed by atoms with van der Waals surface area (Å²) >= 11 is 0. The first-order valence-corrected chi connectivity index (χ1v) is 10.6. The van der Waals surface area contributed by atoms with Gasteiger partial charge in [0.2, 0.25) is 10.0 Å². The van der Waals surface area contributed by atoms with Crippen LogP contribution in [-0.4, -0.2) is 64.1 Å². The molecule has 0 saturated carbocycles. The van der Waals surface area contributed by atoms with Crippen LogP contribution in [0.3, 0.4) is 0 Å². The minimum Gasteiger partial charge on any atom is -0.453 e. The molecule has 0 bridgehead atoms. The van der Waals surface area contributed by atoms with Crippen LogP contribution in [0.2, 0.25) is 0 Å². The zero-order chi connectivity index (χ0) is 19.6. The van der Waals surface area contributed by atoms with Crippen molar-refractivity contribution in [1.29, 1.82) is 0 Å². The summed E-state index contributed by atoms with van der Waals surface area (Å²) in [7, 11) is -2.33.